The van der Waals surface area contributed by atoms with Gasteiger partial charge in [0.25, 0.3) is 5.91 Å². The molecule has 2 nitrogen and oxygen atoms in total. The lowest BCUT2D eigenvalue weighted by Crippen LogP contribution is -2.29. The third-order valence-corrected chi connectivity index (χ3v) is 3.85. The Labute approximate surface area is 114 Å². The lowest BCUT2D eigenvalue weighted by Gasteiger charge is -2.09. The summed E-state index contributed by atoms with van der Waals surface area (Å²) in [6.07, 6.45) is 1.87. The molecule has 0 saturated heterocycles. The molecule has 0 radical (unpaired) electrons. The van der Waals surface area contributed by atoms with Crippen LogP contribution in [0.5, 0.6) is 0 Å². The minimum atomic E-state index is -0.227. The van der Waals surface area contributed by atoms with E-state index in [9.17, 15) is 4.79 Å². The molecule has 0 aliphatic heterocycles. The minimum absolute atomic E-state index is 0.0400. The molecule has 1 aromatic rings. The smallest absolute Gasteiger partial charge is 0.253 e. The molecule has 1 unspecified atom stereocenters. The number of alkyl halides is 1. The maximum Gasteiger partial charge on any atom is 0.253 e. The molecule has 1 amide bonds. The highest BCUT2D eigenvalue weighted by molar-refractivity contribution is 7.20. The Morgan fingerprint density at radius 3 is 2.75 bits per heavy atom. The zero-order valence-corrected chi connectivity index (χ0v) is 11.8. The predicted octanol–water partition coefficient (Wildman–Crippen LogP) is 4.19. The van der Waals surface area contributed by atoms with E-state index < -0.39 is 0 Å². The van der Waals surface area contributed by atoms with Crippen LogP contribution < -0.4 is 5.32 Å². The van der Waals surface area contributed by atoms with Crippen molar-refractivity contribution in [1.29, 1.82) is 0 Å². The Hall–Kier alpha value is 0.0400. The van der Waals surface area contributed by atoms with Crippen molar-refractivity contribution in [3.63, 3.8) is 0 Å². The van der Waals surface area contributed by atoms with Crippen LogP contribution in [0.2, 0.25) is 8.67 Å². The number of nitrogens with one attached hydrogen (secondary N) is 1. The van der Waals surface area contributed by atoms with Crippen LogP contribution in [0.3, 0.4) is 0 Å². The van der Waals surface area contributed by atoms with E-state index in [1.165, 1.54) is 11.3 Å². The van der Waals surface area contributed by atoms with Gasteiger partial charge < -0.3 is 5.32 Å². The molecule has 0 fully saturated rings. The van der Waals surface area contributed by atoms with E-state index >= 15 is 0 Å². The van der Waals surface area contributed by atoms with Crippen LogP contribution in [0.1, 0.15) is 30.1 Å². The van der Waals surface area contributed by atoms with E-state index in [1.807, 2.05) is 6.92 Å². The van der Waals surface area contributed by atoms with Gasteiger partial charge in [-0.2, -0.15) is 0 Å². The number of hydrogen-bond donors (Lipinski definition) is 1. The summed E-state index contributed by atoms with van der Waals surface area (Å²) in [6.45, 7) is 2.49. The highest BCUT2D eigenvalue weighted by Gasteiger charge is 2.14. The monoisotopic (exact) mass is 299 g/mol. The quantitative estimate of drug-likeness (QED) is 0.812. The molecule has 1 atom stereocenters. The van der Waals surface area contributed by atoms with Crippen LogP contribution in [0.25, 0.3) is 0 Å². The second-order valence-corrected chi connectivity index (χ2v) is 6.24. The molecular weight excluding hydrogens is 289 g/mol. The molecule has 1 aromatic heterocycles. The Morgan fingerprint density at radius 1 is 1.56 bits per heavy atom. The zero-order chi connectivity index (χ0) is 12.1. The third kappa shape index (κ3) is 4.13. The van der Waals surface area contributed by atoms with Crippen molar-refractivity contribution >= 4 is 52.0 Å². The van der Waals surface area contributed by atoms with Gasteiger partial charge in [0.1, 0.15) is 4.34 Å². The SMILES string of the molecule is CCCC(Cl)CNC(=O)c1cc(Cl)sc1Cl. The molecule has 0 saturated carbocycles. The van der Waals surface area contributed by atoms with Crippen LogP contribution in [0.15, 0.2) is 6.07 Å². The fraction of sp³-hybridized carbons (Fsp3) is 0.500. The Morgan fingerprint density at radius 2 is 2.25 bits per heavy atom. The summed E-state index contributed by atoms with van der Waals surface area (Å²) in [7, 11) is 0. The van der Waals surface area contributed by atoms with Crippen molar-refractivity contribution in [2.75, 3.05) is 6.54 Å². The molecule has 1 heterocycles. The van der Waals surface area contributed by atoms with Crippen molar-refractivity contribution in [3.8, 4) is 0 Å². The number of carbonyl (C=O) groups excluding carboxylic acids is 1. The maximum atomic E-state index is 11.7. The summed E-state index contributed by atoms with van der Waals surface area (Å²) in [5, 5.41) is 2.69. The van der Waals surface area contributed by atoms with E-state index in [4.69, 9.17) is 34.8 Å². The number of hydrogen-bond acceptors (Lipinski definition) is 2. The summed E-state index contributed by atoms with van der Waals surface area (Å²) in [5.74, 6) is -0.227. The van der Waals surface area contributed by atoms with Gasteiger partial charge in [-0.25, -0.2) is 0 Å². The Balaban J connectivity index is 2.50. The maximum absolute atomic E-state index is 11.7. The van der Waals surface area contributed by atoms with Crippen molar-refractivity contribution in [2.45, 2.75) is 25.1 Å². The van der Waals surface area contributed by atoms with Crippen molar-refractivity contribution in [3.05, 3.63) is 20.3 Å². The second-order valence-electron chi connectivity index (χ2n) is 3.33. The van der Waals surface area contributed by atoms with Crippen LogP contribution in [0.4, 0.5) is 0 Å². The highest BCUT2D eigenvalue weighted by atomic mass is 35.5. The number of rotatable bonds is 5. The van der Waals surface area contributed by atoms with Crippen LogP contribution in [0, 0.1) is 0 Å². The minimum Gasteiger partial charge on any atom is -0.350 e. The number of carbonyl (C=O) groups is 1. The van der Waals surface area contributed by atoms with Crippen molar-refractivity contribution in [1.82, 2.24) is 5.32 Å². The van der Waals surface area contributed by atoms with E-state index in [0.29, 0.717) is 20.8 Å². The molecule has 0 aromatic carbocycles. The fourth-order valence-corrected chi connectivity index (χ4v) is 2.96. The summed E-state index contributed by atoms with van der Waals surface area (Å²) < 4.78 is 0.912. The van der Waals surface area contributed by atoms with Gasteiger partial charge in [-0.05, 0) is 12.5 Å². The zero-order valence-electron chi connectivity index (χ0n) is 8.73. The molecular formula is C10H12Cl3NOS. The first-order chi connectivity index (χ1) is 7.54. The summed E-state index contributed by atoms with van der Waals surface area (Å²) >= 11 is 18.8. The first kappa shape index (κ1) is 14.1. The van der Waals surface area contributed by atoms with Gasteiger partial charge in [-0.15, -0.1) is 22.9 Å². The highest BCUT2D eigenvalue weighted by Crippen LogP contribution is 2.30. The number of amides is 1. The van der Waals surface area contributed by atoms with Crippen molar-refractivity contribution < 1.29 is 4.79 Å². The topological polar surface area (TPSA) is 29.1 Å². The Kier molecular flexibility index (Phi) is 5.90. The van der Waals surface area contributed by atoms with Crippen LogP contribution >= 0.6 is 46.1 Å². The van der Waals surface area contributed by atoms with Gasteiger partial charge in [0.2, 0.25) is 0 Å². The molecule has 6 heteroatoms. The van der Waals surface area contributed by atoms with E-state index in [0.717, 1.165) is 12.8 Å². The van der Waals surface area contributed by atoms with Crippen LogP contribution in [-0.4, -0.2) is 17.8 Å². The molecule has 1 N–H and O–H groups in total. The van der Waals surface area contributed by atoms with Gasteiger partial charge in [0, 0.05) is 6.54 Å². The number of halogens is 3. The summed E-state index contributed by atoms with van der Waals surface area (Å²) in [6, 6.07) is 1.56. The molecule has 1 rings (SSSR count). The van der Waals surface area contributed by atoms with E-state index in [-0.39, 0.29) is 11.3 Å². The third-order valence-electron chi connectivity index (χ3n) is 1.99. The summed E-state index contributed by atoms with van der Waals surface area (Å²) in [5.41, 5.74) is 0.414. The average Bonchev–Trinajstić information content (AvgIpc) is 2.55. The van der Waals surface area contributed by atoms with Crippen LogP contribution in [-0.2, 0) is 0 Å². The summed E-state index contributed by atoms with van der Waals surface area (Å²) in [4.78, 5) is 11.7. The van der Waals surface area contributed by atoms with Gasteiger partial charge >= 0.3 is 0 Å². The molecule has 0 spiro atoms. The molecule has 0 aliphatic carbocycles. The predicted molar refractivity (Wildman–Crippen MR) is 71.2 cm³/mol. The van der Waals surface area contributed by atoms with E-state index in [2.05, 4.69) is 5.32 Å². The standard InChI is InChI=1S/C10H12Cl3NOS/c1-2-3-6(11)5-14-10(15)7-4-8(12)16-9(7)13/h4,6H,2-3,5H2,1H3,(H,14,15). The molecule has 0 bridgehead atoms. The molecule has 90 valence electrons. The average molecular weight is 301 g/mol. The van der Waals surface area contributed by atoms with Gasteiger partial charge in [0.15, 0.2) is 0 Å². The molecule has 16 heavy (non-hydrogen) atoms. The number of thiophene rings is 1. The van der Waals surface area contributed by atoms with Gasteiger partial charge in [0.05, 0.1) is 15.3 Å². The van der Waals surface area contributed by atoms with Gasteiger partial charge in [-0.1, -0.05) is 36.5 Å². The second kappa shape index (κ2) is 6.70. The lowest BCUT2D eigenvalue weighted by molar-refractivity contribution is 0.0954. The largest absolute Gasteiger partial charge is 0.350 e. The van der Waals surface area contributed by atoms with Gasteiger partial charge in [-0.3, -0.25) is 4.79 Å². The first-order valence-corrected chi connectivity index (χ1v) is 6.92. The normalized spacial score (nSPS) is 12.5. The molecule has 0 aliphatic rings. The Bertz CT molecular complexity index is 367. The first-order valence-electron chi connectivity index (χ1n) is 4.91. The lowest BCUT2D eigenvalue weighted by atomic mass is 10.2. The van der Waals surface area contributed by atoms with Crippen molar-refractivity contribution in [2.24, 2.45) is 0 Å². The van der Waals surface area contributed by atoms with E-state index in [1.54, 1.807) is 6.07 Å². The fourth-order valence-electron chi connectivity index (χ4n) is 1.21.